The lowest BCUT2D eigenvalue weighted by Crippen LogP contribution is -2.36. The van der Waals surface area contributed by atoms with E-state index >= 15 is 0 Å². The Bertz CT molecular complexity index is 937. The van der Waals surface area contributed by atoms with Gasteiger partial charge in [0.05, 0.1) is 29.5 Å². The van der Waals surface area contributed by atoms with E-state index in [1.54, 1.807) is 6.07 Å². The lowest BCUT2D eigenvalue weighted by atomic mass is 10.1. The summed E-state index contributed by atoms with van der Waals surface area (Å²) >= 11 is 0. The van der Waals surface area contributed by atoms with Gasteiger partial charge in [-0.15, -0.1) is 0 Å². The monoisotopic (exact) mass is 368 g/mol. The number of carbonyl (C=O) groups is 3. The standard InChI is InChI=1S/C20H17FN2O4/c21-16-5-1-2-6-17(16)22-18(24)12-7-8-14-15(10-12)20(26)23(19(14)25)11-13-4-3-9-27-13/h1-2,5-8,10,13H,3-4,9,11H2,(H,22,24). The van der Waals surface area contributed by atoms with Crippen molar-refractivity contribution in [1.29, 1.82) is 0 Å². The summed E-state index contributed by atoms with van der Waals surface area (Å²) < 4.78 is 19.2. The van der Waals surface area contributed by atoms with Gasteiger partial charge in [0.25, 0.3) is 17.7 Å². The molecule has 1 unspecified atom stereocenters. The Morgan fingerprint density at radius 2 is 1.93 bits per heavy atom. The maximum absolute atomic E-state index is 13.7. The molecule has 0 aromatic heterocycles. The van der Waals surface area contributed by atoms with Crippen LogP contribution in [0.4, 0.5) is 10.1 Å². The normalized spacial score (nSPS) is 18.7. The maximum atomic E-state index is 13.7. The van der Waals surface area contributed by atoms with Crippen LogP contribution >= 0.6 is 0 Å². The van der Waals surface area contributed by atoms with Gasteiger partial charge in [-0.25, -0.2) is 4.39 Å². The predicted molar refractivity (Wildman–Crippen MR) is 95.1 cm³/mol. The average molecular weight is 368 g/mol. The fourth-order valence-electron chi connectivity index (χ4n) is 3.35. The number of imide groups is 1. The highest BCUT2D eigenvalue weighted by molar-refractivity contribution is 6.22. The molecule has 1 fully saturated rings. The van der Waals surface area contributed by atoms with E-state index in [9.17, 15) is 18.8 Å². The van der Waals surface area contributed by atoms with Crippen LogP contribution in [0.5, 0.6) is 0 Å². The molecule has 0 aliphatic carbocycles. The number of halogens is 1. The van der Waals surface area contributed by atoms with E-state index in [2.05, 4.69) is 5.32 Å². The number of nitrogens with one attached hydrogen (secondary N) is 1. The molecule has 1 N–H and O–H groups in total. The van der Waals surface area contributed by atoms with Gasteiger partial charge in [0.1, 0.15) is 5.82 Å². The third-order valence-electron chi connectivity index (χ3n) is 4.77. The van der Waals surface area contributed by atoms with Crippen molar-refractivity contribution in [2.45, 2.75) is 18.9 Å². The van der Waals surface area contributed by atoms with Crippen molar-refractivity contribution >= 4 is 23.4 Å². The van der Waals surface area contributed by atoms with Crippen LogP contribution < -0.4 is 5.32 Å². The Balaban J connectivity index is 1.55. The third-order valence-corrected chi connectivity index (χ3v) is 4.77. The van der Waals surface area contributed by atoms with Crippen molar-refractivity contribution in [2.75, 3.05) is 18.5 Å². The van der Waals surface area contributed by atoms with Crippen LogP contribution in [-0.4, -0.2) is 41.9 Å². The van der Waals surface area contributed by atoms with Crippen LogP contribution in [0.25, 0.3) is 0 Å². The van der Waals surface area contributed by atoms with Gasteiger partial charge in [-0.2, -0.15) is 0 Å². The first-order valence-corrected chi connectivity index (χ1v) is 8.72. The van der Waals surface area contributed by atoms with Crippen molar-refractivity contribution in [1.82, 2.24) is 4.90 Å². The van der Waals surface area contributed by atoms with Crippen LogP contribution in [0, 0.1) is 5.82 Å². The zero-order valence-corrected chi connectivity index (χ0v) is 14.4. The first-order valence-electron chi connectivity index (χ1n) is 8.72. The number of hydrogen-bond acceptors (Lipinski definition) is 4. The summed E-state index contributed by atoms with van der Waals surface area (Å²) in [4.78, 5) is 38.7. The highest BCUT2D eigenvalue weighted by Gasteiger charge is 2.37. The molecule has 2 aromatic rings. The molecule has 7 heteroatoms. The lowest BCUT2D eigenvalue weighted by Gasteiger charge is -2.17. The number of anilines is 1. The number of ether oxygens (including phenoxy) is 1. The Hall–Kier alpha value is -3.06. The van der Waals surface area contributed by atoms with E-state index in [0.717, 1.165) is 12.8 Å². The van der Waals surface area contributed by atoms with E-state index in [1.807, 2.05) is 0 Å². The van der Waals surface area contributed by atoms with Gasteiger partial charge in [0, 0.05) is 12.2 Å². The van der Waals surface area contributed by atoms with Gasteiger partial charge in [-0.3, -0.25) is 19.3 Å². The van der Waals surface area contributed by atoms with Crippen LogP contribution in [-0.2, 0) is 4.74 Å². The smallest absolute Gasteiger partial charge is 0.261 e. The minimum atomic E-state index is -0.555. The Morgan fingerprint density at radius 3 is 2.67 bits per heavy atom. The predicted octanol–water partition coefficient (Wildman–Crippen LogP) is 2.85. The van der Waals surface area contributed by atoms with Crippen molar-refractivity contribution < 1.29 is 23.5 Å². The molecule has 27 heavy (non-hydrogen) atoms. The molecule has 138 valence electrons. The molecule has 2 heterocycles. The van der Waals surface area contributed by atoms with Gasteiger partial charge in [0.15, 0.2) is 0 Å². The van der Waals surface area contributed by atoms with Gasteiger partial charge in [0.2, 0.25) is 0 Å². The maximum Gasteiger partial charge on any atom is 0.261 e. The summed E-state index contributed by atoms with van der Waals surface area (Å²) in [6.45, 7) is 0.845. The summed E-state index contributed by atoms with van der Waals surface area (Å²) in [5, 5.41) is 2.47. The quantitative estimate of drug-likeness (QED) is 0.842. The molecule has 1 saturated heterocycles. The van der Waals surface area contributed by atoms with Crippen LogP contribution in [0.1, 0.15) is 43.9 Å². The number of para-hydroxylation sites is 1. The van der Waals surface area contributed by atoms with E-state index in [1.165, 1.54) is 41.3 Å². The molecule has 0 saturated carbocycles. The minimum Gasteiger partial charge on any atom is -0.376 e. The van der Waals surface area contributed by atoms with E-state index in [0.29, 0.717) is 6.61 Å². The second kappa shape index (κ2) is 6.92. The van der Waals surface area contributed by atoms with Gasteiger partial charge >= 0.3 is 0 Å². The zero-order valence-electron chi connectivity index (χ0n) is 14.4. The van der Waals surface area contributed by atoms with Gasteiger partial charge in [-0.1, -0.05) is 12.1 Å². The minimum absolute atomic E-state index is 0.0467. The van der Waals surface area contributed by atoms with Crippen LogP contribution in [0.3, 0.4) is 0 Å². The summed E-state index contributed by atoms with van der Waals surface area (Å²) in [5.41, 5.74) is 0.669. The van der Waals surface area contributed by atoms with E-state index in [-0.39, 0.29) is 40.9 Å². The number of amides is 3. The van der Waals surface area contributed by atoms with E-state index < -0.39 is 17.6 Å². The molecular weight excluding hydrogens is 351 g/mol. The SMILES string of the molecule is O=C(Nc1ccccc1F)c1ccc2c(c1)C(=O)N(CC1CCCO1)C2=O. The van der Waals surface area contributed by atoms with Crippen molar-refractivity contribution in [3.05, 3.63) is 65.0 Å². The molecule has 3 amide bonds. The number of carbonyl (C=O) groups excluding carboxylic acids is 3. The molecule has 6 nitrogen and oxygen atoms in total. The summed E-state index contributed by atoms with van der Waals surface area (Å²) in [6.07, 6.45) is 1.58. The summed E-state index contributed by atoms with van der Waals surface area (Å²) in [7, 11) is 0. The molecule has 4 rings (SSSR count). The number of fused-ring (bicyclic) bond motifs is 1. The molecule has 1 atom stereocenters. The fourth-order valence-corrected chi connectivity index (χ4v) is 3.35. The highest BCUT2D eigenvalue weighted by atomic mass is 19.1. The molecule has 2 aliphatic rings. The Labute approximate surface area is 154 Å². The molecule has 2 aromatic carbocycles. The Kier molecular flexibility index (Phi) is 4.45. The molecular formula is C20H17FN2O4. The lowest BCUT2D eigenvalue weighted by molar-refractivity contribution is 0.0475. The van der Waals surface area contributed by atoms with Gasteiger partial charge < -0.3 is 10.1 Å². The first-order chi connectivity index (χ1) is 13.0. The first kappa shape index (κ1) is 17.4. The van der Waals surface area contributed by atoms with E-state index in [4.69, 9.17) is 4.74 Å². The summed E-state index contributed by atoms with van der Waals surface area (Å²) in [5.74, 6) is -1.93. The summed E-state index contributed by atoms with van der Waals surface area (Å²) in [6, 6.07) is 10.1. The number of rotatable bonds is 4. The highest BCUT2D eigenvalue weighted by Crippen LogP contribution is 2.26. The zero-order chi connectivity index (χ0) is 19.0. The van der Waals surface area contributed by atoms with Gasteiger partial charge in [-0.05, 0) is 43.2 Å². The fraction of sp³-hybridized carbons (Fsp3) is 0.250. The molecule has 0 bridgehead atoms. The average Bonchev–Trinajstić information content (AvgIpc) is 3.26. The third kappa shape index (κ3) is 3.21. The molecule has 0 spiro atoms. The van der Waals surface area contributed by atoms with Crippen molar-refractivity contribution in [2.24, 2.45) is 0 Å². The van der Waals surface area contributed by atoms with Crippen LogP contribution in [0.2, 0.25) is 0 Å². The molecule has 0 radical (unpaired) electrons. The second-order valence-electron chi connectivity index (χ2n) is 6.55. The number of hydrogen-bond donors (Lipinski definition) is 1. The number of benzene rings is 2. The molecule has 2 aliphatic heterocycles. The van der Waals surface area contributed by atoms with Crippen molar-refractivity contribution in [3.63, 3.8) is 0 Å². The Morgan fingerprint density at radius 1 is 1.15 bits per heavy atom. The second-order valence-corrected chi connectivity index (χ2v) is 6.55. The number of nitrogens with zero attached hydrogens (tertiary/aromatic N) is 1. The largest absolute Gasteiger partial charge is 0.376 e. The van der Waals surface area contributed by atoms with Crippen LogP contribution in [0.15, 0.2) is 42.5 Å². The van der Waals surface area contributed by atoms with Crippen molar-refractivity contribution in [3.8, 4) is 0 Å². The topological polar surface area (TPSA) is 75.7 Å².